The van der Waals surface area contributed by atoms with Crippen LogP contribution in [-0.2, 0) is 12.7 Å². The highest BCUT2D eigenvalue weighted by Gasteiger charge is 2.37. The summed E-state index contributed by atoms with van der Waals surface area (Å²) >= 11 is 0.958. The Hall–Kier alpha value is -1.47. The molecule has 0 radical (unpaired) electrons. The van der Waals surface area contributed by atoms with E-state index >= 15 is 0 Å². The van der Waals surface area contributed by atoms with Gasteiger partial charge < -0.3 is 5.32 Å². The quantitative estimate of drug-likeness (QED) is 0.854. The van der Waals surface area contributed by atoms with Gasteiger partial charge in [-0.1, -0.05) is 12.1 Å². The fourth-order valence-corrected chi connectivity index (χ4v) is 2.99. The van der Waals surface area contributed by atoms with Gasteiger partial charge in [0.15, 0.2) is 5.69 Å². The minimum atomic E-state index is -4.50. The molecule has 1 saturated carbocycles. The van der Waals surface area contributed by atoms with Gasteiger partial charge in [0.1, 0.15) is 10.8 Å². The Morgan fingerprint density at radius 1 is 1.29 bits per heavy atom. The Labute approximate surface area is 122 Å². The van der Waals surface area contributed by atoms with E-state index < -0.39 is 17.7 Å². The van der Waals surface area contributed by atoms with E-state index in [-0.39, 0.29) is 16.4 Å². The molecular weight excluding hydrogens is 304 g/mol. The second-order valence-corrected chi connectivity index (χ2v) is 6.04. The normalized spacial score (nSPS) is 15.4. The molecule has 0 aliphatic heterocycles. The molecule has 21 heavy (non-hydrogen) atoms. The average Bonchev–Trinajstić information content (AvgIpc) is 3.13. The van der Waals surface area contributed by atoms with E-state index in [0.29, 0.717) is 11.6 Å². The largest absolute Gasteiger partial charge is 0.434 e. The van der Waals surface area contributed by atoms with Crippen molar-refractivity contribution in [3.05, 3.63) is 40.7 Å². The molecule has 1 N–H and O–H groups in total. The lowest BCUT2D eigenvalue weighted by Crippen LogP contribution is -2.18. The Morgan fingerprint density at radius 3 is 2.67 bits per heavy atom. The maximum absolute atomic E-state index is 13.2. The third-order valence-electron chi connectivity index (χ3n) is 3.17. The van der Waals surface area contributed by atoms with Gasteiger partial charge in [0.25, 0.3) is 0 Å². The minimum Gasteiger partial charge on any atom is -0.309 e. The van der Waals surface area contributed by atoms with Crippen LogP contribution in [0.5, 0.6) is 0 Å². The van der Waals surface area contributed by atoms with Crippen LogP contribution in [0.25, 0.3) is 10.6 Å². The number of rotatable bonds is 4. The van der Waals surface area contributed by atoms with Crippen LogP contribution in [0, 0.1) is 5.82 Å². The highest BCUT2D eigenvalue weighted by Crippen LogP contribution is 2.38. The van der Waals surface area contributed by atoms with Crippen molar-refractivity contribution in [1.82, 2.24) is 10.3 Å². The Bertz CT molecular complexity index is 647. The van der Waals surface area contributed by atoms with Crippen LogP contribution < -0.4 is 5.32 Å². The lowest BCUT2D eigenvalue weighted by molar-refractivity contribution is -0.141. The van der Waals surface area contributed by atoms with Crippen LogP contribution in [0.1, 0.15) is 23.4 Å². The molecule has 1 aromatic carbocycles. The summed E-state index contributed by atoms with van der Waals surface area (Å²) in [4.78, 5) is 3.82. The van der Waals surface area contributed by atoms with Crippen molar-refractivity contribution in [2.75, 3.05) is 0 Å². The Morgan fingerprint density at radius 2 is 2.05 bits per heavy atom. The first kappa shape index (κ1) is 14.5. The molecule has 0 spiro atoms. The lowest BCUT2D eigenvalue weighted by atomic mass is 10.2. The topological polar surface area (TPSA) is 24.9 Å². The van der Waals surface area contributed by atoms with E-state index in [9.17, 15) is 17.6 Å². The molecule has 3 rings (SSSR count). The molecule has 0 unspecified atom stereocenters. The molecule has 1 aliphatic carbocycles. The summed E-state index contributed by atoms with van der Waals surface area (Å²) in [6.45, 7) is 0.145. The van der Waals surface area contributed by atoms with Crippen LogP contribution in [0.15, 0.2) is 24.3 Å². The highest BCUT2D eigenvalue weighted by molar-refractivity contribution is 7.15. The van der Waals surface area contributed by atoms with Gasteiger partial charge in [-0.15, -0.1) is 11.3 Å². The van der Waals surface area contributed by atoms with E-state index in [1.807, 2.05) is 0 Å². The number of alkyl halides is 3. The monoisotopic (exact) mass is 316 g/mol. The summed E-state index contributed by atoms with van der Waals surface area (Å²) in [5, 5.41) is 3.25. The van der Waals surface area contributed by atoms with Crippen LogP contribution in [0.3, 0.4) is 0 Å². The van der Waals surface area contributed by atoms with Gasteiger partial charge in [-0.25, -0.2) is 9.37 Å². The summed E-state index contributed by atoms with van der Waals surface area (Å²) in [7, 11) is 0. The van der Waals surface area contributed by atoms with Crippen molar-refractivity contribution in [2.45, 2.75) is 31.6 Å². The molecule has 7 heteroatoms. The molecule has 1 heterocycles. The predicted octanol–water partition coefficient (Wildman–Crippen LogP) is 4.22. The fourth-order valence-electron chi connectivity index (χ4n) is 1.96. The van der Waals surface area contributed by atoms with Crippen molar-refractivity contribution in [2.24, 2.45) is 0 Å². The van der Waals surface area contributed by atoms with Gasteiger partial charge in [-0.2, -0.15) is 13.2 Å². The molecule has 0 saturated heterocycles. The zero-order valence-electron chi connectivity index (χ0n) is 10.9. The van der Waals surface area contributed by atoms with E-state index in [0.717, 1.165) is 24.2 Å². The number of nitrogens with zero attached hydrogens (tertiary/aromatic N) is 1. The second kappa shape index (κ2) is 5.38. The maximum Gasteiger partial charge on any atom is 0.434 e. The Kier molecular flexibility index (Phi) is 3.71. The summed E-state index contributed by atoms with van der Waals surface area (Å²) in [6, 6.07) is 5.77. The summed E-state index contributed by atoms with van der Waals surface area (Å²) in [5.41, 5.74) is -0.511. The zero-order chi connectivity index (χ0) is 15.0. The van der Waals surface area contributed by atoms with Gasteiger partial charge >= 0.3 is 6.18 Å². The number of hydrogen-bond acceptors (Lipinski definition) is 3. The maximum atomic E-state index is 13.2. The summed E-state index contributed by atoms with van der Waals surface area (Å²) in [6.07, 6.45) is -2.50. The molecule has 1 aromatic heterocycles. The molecule has 1 fully saturated rings. The first-order valence-electron chi connectivity index (χ1n) is 6.50. The van der Waals surface area contributed by atoms with Crippen molar-refractivity contribution >= 4 is 11.3 Å². The fraction of sp³-hybridized carbons (Fsp3) is 0.357. The SMILES string of the molecule is Fc1cccc(-c2nc(C(F)(F)F)c(CNC3CC3)s2)c1. The zero-order valence-corrected chi connectivity index (χ0v) is 11.7. The van der Waals surface area contributed by atoms with Crippen LogP contribution in [0.4, 0.5) is 17.6 Å². The van der Waals surface area contributed by atoms with Gasteiger partial charge in [-0.05, 0) is 25.0 Å². The standard InChI is InChI=1S/C14H12F4N2S/c15-9-3-1-2-8(6-9)13-20-12(14(16,17)18)11(21-13)7-19-10-4-5-10/h1-3,6,10,19H,4-5,7H2. The number of nitrogens with one attached hydrogen (secondary N) is 1. The van der Waals surface area contributed by atoms with Gasteiger partial charge in [-0.3, -0.25) is 0 Å². The van der Waals surface area contributed by atoms with E-state index in [4.69, 9.17) is 0 Å². The van der Waals surface area contributed by atoms with Crippen molar-refractivity contribution in [1.29, 1.82) is 0 Å². The summed E-state index contributed by atoms with van der Waals surface area (Å²) in [5.74, 6) is -0.492. The average molecular weight is 316 g/mol. The van der Waals surface area contributed by atoms with Crippen molar-refractivity contribution in [3.63, 3.8) is 0 Å². The van der Waals surface area contributed by atoms with E-state index in [2.05, 4.69) is 10.3 Å². The molecule has 0 atom stereocenters. The second-order valence-electron chi connectivity index (χ2n) is 4.95. The number of aromatic nitrogens is 1. The summed E-state index contributed by atoms with van der Waals surface area (Å²) < 4.78 is 52.3. The smallest absolute Gasteiger partial charge is 0.309 e. The molecule has 112 valence electrons. The lowest BCUT2D eigenvalue weighted by Gasteiger charge is -2.06. The third-order valence-corrected chi connectivity index (χ3v) is 4.27. The molecule has 2 nitrogen and oxygen atoms in total. The molecule has 0 amide bonds. The molecule has 1 aliphatic rings. The van der Waals surface area contributed by atoms with Crippen molar-refractivity contribution < 1.29 is 17.6 Å². The first-order valence-corrected chi connectivity index (χ1v) is 7.31. The van der Waals surface area contributed by atoms with E-state index in [1.165, 1.54) is 18.2 Å². The number of thiazole rings is 1. The molecule has 0 bridgehead atoms. The predicted molar refractivity (Wildman–Crippen MR) is 72.4 cm³/mol. The highest BCUT2D eigenvalue weighted by atomic mass is 32.1. The van der Waals surface area contributed by atoms with Crippen molar-refractivity contribution in [3.8, 4) is 10.6 Å². The van der Waals surface area contributed by atoms with Crippen LogP contribution >= 0.6 is 11.3 Å². The van der Waals surface area contributed by atoms with Crippen LogP contribution in [-0.4, -0.2) is 11.0 Å². The van der Waals surface area contributed by atoms with Gasteiger partial charge in [0.05, 0.1) is 4.88 Å². The minimum absolute atomic E-state index is 0.145. The van der Waals surface area contributed by atoms with Crippen LogP contribution in [0.2, 0.25) is 0 Å². The Balaban J connectivity index is 1.94. The molecule has 2 aromatic rings. The first-order chi connectivity index (χ1) is 9.93. The third kappa shape index (κ3) is 3.41. The number of halogens is 4. The number of benzene rings is 1. The van der Waals surface area contributed by atoms with E-state index in [1.54, 1.807) is 6.07 Å². The van der Waals surface area contributed by atoms with Gasteiger partial charge in [0.2, 0.25) is 0 Å². The molecular formula is C14H12F4N2S. The number of hydrogen-bond donors (Lipinski definition) is 1. The van der Waals surface area contributed by atoms with Gasteiger partial charge in [0, 0.05) is 18.2 Å².